The van der Waals surface area contributed by atoms with Crippen molar-refractivity contribution in [3.63, 3.8) is 0 Å². The summed E-state index contributed by atoms with van der Waals surface area (Å²) in [6.45, 7) is 1.06. The molecule has 2 aromatic rings. The van der Waals surface area contributed by atoms with E-state index < -0.39 is 6.36 Å². The Kier molecular flexibility index (Phi) is 8.96. The van der Waals surface area contributed by atoms with E-state index in [2.05, 4.69) is 20.0 Å². The quantitative estimate of drug-likeness (QED) is 0.275. The number of aromatic nitrogens is 1. The van der Waals surface area contributed by atoms with Gasteiger partial charge in [-0.3, -0.25) is 4.98 Å². The summed E-state index contributed by atoms with van der Waals surface area (Å²) in [5, 5.41) is 2.87. The number of alkyl halides is 3. The number of hydrogen-bond donors (Lipinski definition) is 2. The first-order valence-corrected chi connectivity index (χ1v) is 7.34. The van der Waals surface area contributed by atoms with E-state index >= 15 is 0 Å². The van der Waals surface area contributed by atoms with E-state index in [0.29, 0.717) is 24.5 Å². The van der Waals surface area contributed by atoms with E-state index in [0.717, 1.165) is 0 Å². The molecule has 0 unspecified atom stereocenters. The molecule has 0 aliphatic carbocycles. The van der Waals surface area contributed by atoms with Gasteiger partial charge >= 0.3 is 6.36 Å². The molecule has 3 N–H and O–H groups in total. The number of nitrogens with zero attached hydrogens (tertiary/aromatic N) is 2. The Labute approximate surface area is 165 Å². The van der Waals surface area contributed by atoms with Crippen LogP contribution >= 0.6 is 24.0 Å². The van der Waals surface area contributed by atoms with Crippen LogP contribution in [0.3, 0.4) is 0 Å². The number of pyridine rings is 1. The molecule has 0 radical (unpaired) electrons. The molecule has 0 aliphatic rings. The molecule has 0 fully saturated rings. The largest absolute Gasteiger partial charge is 0.573 e. The third kappa shape index (κ3) is 8.74. The number of rotatable bonds is 7. The van der Waals surface area contributed by atoms with Crippen LogP contribution in [0.25, 0.3) is 0 Å². The van der Waals surface area contributed by atoms with Gasteiger partial charge in [-0.15, -0.1) is 37.1 Å². The molecule has 1 heterocycles. The zero-order valence-electron chi connectivity index (χ0n) is 13.6. The third-order valence-electron chi connectivity index (χ3n) is 2.90. The van der Waals surface area contributed by atoms with Crippen molar-refractivity contribution >= 4 is 29.9 Å². The van der Waals surface area contributed by atoms with Crippen molar-refractivity contribution < 1.29 is 22.6 Å². The van der Waals surface area contributed by atoms with Gasteiger partial charge in [0, 0.05) is 6.20 Å². The first-order chi connectivity index (χ1) is 11.9. The number of hydrogen-bond acceptors (Lipinski definition) is 4. The summed E-state index contributed by atoms with van der Waals surface area (Å²) in [4.78, 5) is 8.02. The fourth-order valence-electron chi connectivity index (χ4n) is 1.81. The minimum Gasteiger partial charge on any atom is -0.490 e. The molecule has 0 atom stereocenters. The van der Waals surface area contributed by atoms with Gasteiger partial charge in [0.05, 0.1) is 19.3 Å². The average Bonchev–Trinajstić information content (AvgIpc) is 2.58. The standard InChI is InChI=1S/C16H17F3N4O2.HI/c17-16(18,19)25-13-5-3-12(4-6-13)10-23-15(20)22-8-9-24-14-2-1-7-21-11-14;/h1-7,11H,8-10H2,(H3,20,22,23);1H. The van der Waals surface area contributed by atoms with Crippen molar-refractivity contribution in [2.45, 2.75) is 12.9 Å². The molecule has 26 heavy (non-hydrogen) atoms. The van der Waals surface area contributed by atoms with Crippen LogP contribution in [0.5, 0.6) is 11.5 Å². The molecule has 6 nitrogen and oxygen atoms in total. The van der Waals surface area contributed by atoms with Crippen molar-refractivity contribution in [1.82, 2.24) is 10.3 Å². The lowest BCUT2D eigenvalue weighted by molar-refractivity contribution is -0.274. The van der Waals surface area contributed by atoms with Crippen molar-refractivity contribution in [3.05, 3.63) is 54.4 Å². The molecular weight excluding hydrogens is 464 g/mol. The molecular formula is C16H18F3IN4O2. The summed E-state index contributed by atoms with van der Waals surface area (Å²) in [7, 11) is 0. The fraction of sp³-hybridized carbons (Fsp3) is 0.250. The van der Waals surface area contributed by atoms with Crippen molar-refractivity contribution in [3.8, 4) is 11.5 Å². The van der Waals surface area contributed by atoms with E-state index in [9.17, 15) is 13.2 Å². The highest BCUT2D eigenvalue weighted by Crippen LogP contribution is 2.22. The van der Waals surface area contributed by atoms with Crippen LogP contribution in [0.1, 0.15) is 5.56 Å². The fourth-order valence-corrected chi connectivity index (χ4v) is 1.81. The number of ether oxygens (including phenoxy) is 2. The van der Waals surface area contributed by atoms with Crippen LogP contribution < -0.4 is 20.5 Å². The minimum absolute atomic E-state index is 0. The van der Waals surface area contributed by atoms with Crippen LogP contribution in [0.4, 0.5) is 13.2 Å². The molecule has 0 aliphatic heterocycles. The number of halogens is 4. The van der Waals surface area contributed by atoms with E-state index in [4.69, 9.17) is 10.5 Å². The number of aliphatic imine (C=N–C) groups is 1. The smallest absolute Gasteiger partial charge is 0.490 e. The van der Waals surface area contributed by atoms with Crippen LogP contribution in [-0.4, -0.2) is 30.5 Å². The van der Waals surface area contributed by atoms with Gasteiger partial charge in [-0.05, 0) is 29.8 Å². The maximum absolute atomic E-state index is 12.1. The summed E-state index contributed by atoms with van der Waals surface area (Å²) < 4.78 is 45.4. The highest BCUT2D eigenvalue weighted by atomic mass is 127. The Morgan fingerprint density at radius 3 is 2.50 bits per heavy atom. The second-order valence-corrected chi connectivity index (χ2v) is 4.86. The van der Waals surface area contributed by atoms with E-state index in [1.165, 1.54) is 24.3 Å². The predicted molar refractivity (Wildman–Crippen MR) is 102 cm³/mol. The Balaban J connectivity index is 0.00000338. The summed E-state index contributed by atoms with van der Waals surface area (Å²) in [5.74, 6) is 0.588. The Hall–Kier alpha value is -2.24. The maximum atomic E-state index is 12.1. The van der Waals surface area contributed by atoms with Crippen molar-refractivity contribution in [1.29, 1.82) is 0 Å². The lowest BCUT2D eigenvalue weighted by Gasteiger charge is -2.09. The van der Waals surface area contributed by atoms with Gasteiger partial charge in [0.25, 0.3) is 0 Å². The van der Waals surface area contributed by atoms with Crippen LogP contribution in [0.2, 0.25) is 0 Å². The van der Waals surface area contributed by atoms with E-state index in [1.807, 2.05) is 0 Å². The van der Waals surface area contributed by atoms with Gasteiger partial charge in [-0.1, -0.05) is 12.1 Å². The Bertz CT molecular complexity index is 682. The number of guanidine groups is 1. The van der Waals surface area contributed by atoms with E-state index in [1.54, 1.807) is 24.5 Å². The first kappa shape index (κ1) is 21.8. The van der Waals surface area contributed by atoms with Gasteiger partial charge in [0.1, 0.15) is 18.1 Å². The SMILES string of the molecule is I.NC(=NCc1ccc(OC(F)(F)F)cc1)NCCOc1cccnc1. The molecule has 142 valence electrons. The Morgan fingerprint density at radius 1 is 1.15 bits per heavy atom. The molecule has 0 amide bonds. The topological polar surface area (TPSA) is 81.8 Å². The van der Waals surface area contributed by atoms with Gasteiger partial charge in [0.15, 0.2) is 5.96 Å². The summed E-state index contributed by atoms with van der Waals surface area (Å²) in [6.07, 6.45) is -1.45. The van der Waals surface area contributed by atoms with Gasteiger partial charge in [-0.2, -0.15) is 0 Å². The second kappa shape index (κ2) is 10.7. The van der Waals surface area contributed by atoms with Crippen molar-refractivity contribution in [2.75, 3.05) is 13.2 Å². The molecule has 0 spiro atoms. The summed E-state index contributed by atoms with van der Waals surface area (Å²) in [5.41, 5.74) is 6.41. The van der Waals surface area contributed by atoms with Gasteiger partial charge in [0.2, 0.25) is 0 Å². The number of nitrogens with two attached hydrogens (primary N) is 1. The third-order valence-corrected chi connectivity index (χ3v) is 2.90. The normalized spacial score (nSPS) is 11.4. The molecule has 1 aromatic heterocycles. The van der Waals surface area contributed by atoms with Crippen LogP contribution in [0.15, 0.2) is 53.8 Å². The molecule has 10 heteroatoms. The summed E-state index contributed by atoms with van der Waals surface area (Å²) in [6, 6.07) is 8.99. The highest BCUT2D eigenvalue weighted by molar-refractivity contribution is 14.0. The van der Waals surface area contributed by atoms with Crippen LogP contribution in [-0.2, 0) is 6.54 Å². The Morgan fingerprint density at radius 2 is 1.88 bits per heavy atom. The van der Waals surface area contributed by atoms with Crippen molar-refractivity contribution in [2.24, 2.45) is 10.7 Å². The van der Waals surface area contributed by atoms with Gasteiger partial charge < -0.3 is 20.5 Å². The molecule has 0 bridgehead atoms. The highest BCUT2D eigenvalue weighted by Gasteiger charge is 2.30. The van der Waals surface area contributed by atoms with Crippen LogP contribution in [0, 0.1) is 0 Å². The molecule has 2 rings (SSSR count). The molecule has 0 saturated heterocycles. The lowest BCUT2D eigenvalue weighted by Crippen LogP contribution is -2.34. The molecule has 1 aromatic carbocycles. The monoisotopic (exact) mass is 482 g/mol. The maximum Gasteiger partial charge on any atom is 0.573 e. The predicted octanol–water partition coefficient (Wildman–Crippen LogP) is 3.08. The lowest BCUT2D eigenvalue weighted by atomic mass is 10.2. The van der Waals surface area contributed by atoms with E-state index in [-0.39, 0.29) is 42.2 Å². The average molecular weight is 482 g/mol. The minimum atomic E-state index is -4.70. The first-order valence-electron chi connectivity index (χ1n) is 7.34. The number of nitrogens with one attached hydrogen (secondary N) is 1. The molecule has 0 saturated carbocycles. The second-order valence-electron chi connectivity index (χ2n) is 4.86. The zero-order chi connectivity index (χ0) is 18.1. The number of benzene rings is 1. The van der Waals surface area contributed by atoms with Gasteiger partial charge in [-0.25, -0.2) is 4.99 Å². The zero-order valence-corrected chi connectivity index (χ0v) is 15.9. The summed E-state index contributed by atoms with van der Waals surface area (Å²) >= 11 is 0.